The van der Waals surface area contributed by atoms with Crippen LogP contribution in [0.4, 0.5) is 0 Å². The van der Waals surface area contributed by atoms with Crippen molar-refractivity contribution >= 4 is 11.8 Å². The molecule has 0 bridgehead atoms. The van der Waals surface area contributed by atoms with Gasteiger partial charge in [-0.25, -0.2) is 4.68 Å². The first-order chi connectivity index (χ1) is 12.6. The zero-order valence-electron chi connectivity index (χ0n) is 15.0. The van der Waals surface area contributed by atoms with Crippen LogP contribution in [0, 0.1) is 5.41 Å². The van der Waals surface area contributed by atoms with Crippen molar-refractivity contribution in [3.8, 4) is 5.69 Å². The molecule has 2 heterocycles. The summed E-state index contributed by atoms with van der Waals surface area (Å²) >= 11 is 0. The van der Waals surface area contributed by atoms with Gasteiger partial charge in [0.2, 0.25) is 5.91 Å². The smallest absolute Gasteiger partial charge is 0.251 e. The first-order valence-electron chi connectivity index (χ1n) is 9.26. The minimum absolute atomic E-state index is 0.0158. The van der Waals surface area contributed by atoms with Gasteiger partial charge in [-0.15, -0.1) is 0 Å². The Morgan fingerprint density at radius 1 is 1.12 bits per heavy atom. The van der Waals surface area contributed by atoms with E-state index in [1.54, 1.807) is 29.9 Å². The summed E-state index contributed by atoms with van der Waals surface area (Å²) in [4.78, 5) is 27.0. The molecule has 2 fully saturated rings. The quantitative estimate of drug-likeness (QED) is 0.919. The number of hydrogen-bond donors (Lipinski definition) is 1. The summed E-state index contributed by atoms with van der Waals surface area (Å²) in [5, 5.41) is 7.00. The molecule has 4 rings (SSSR count). The van der Waals surface area contributed by atoms with E-state index < -0.39 is 6.04 Å². The topological polar surface area (TPSA) is 67.2 Å². The molecule has 1 spiro atoms. The Bertz CT molecular complexity index is 784. The van der Waals surface area contributed by atoms with E-state index in [9.17, 15) is 9.59 Å². The number of likely N-dealkylation sites (tertiary alicyclic amines) is 1. The first-order valence-corrected chi connectivity index (χ1v) is 9.26. The molecule has 1 N–H and O–H groups in total. The SMILES string of the molecule is C[C@H](NC(=O)c1ccc(-n2cccn2)cc1)C(=O)N1CCC2(CC1)CC2. The second kappa shape index (κ2) is 6.59. The maximum atomic E-state index is 12.6. The Morgan fingerprint density at radius 2 is 1.81 bits per heavy atom. The molecular formula is C20H24N4O2. The summed E-state index contributed by atoms with van der Waals surface area (Å²) in [6.07, 6.45) is 8.40. The van der Waals surface area contributed by atoms with Gasteiger partial charge in [-0.2, -0.15) is 5.10 Å². The summed E-state index contributed by atoms with van der Waals surface area (Å²) in [5.74, 6) is -0.212. The van der Waals surface area contributed by atoms with E-state index in [0.29, 0.717) is 11.0 Å². The predicted octanol–water partition coefficient (Wildman–Crippen LogP) is 2.39. The largest absolute Gasteiger partial charge is 0.341 e. The zero-order valence-corrected chi connectivity index (χ0v) is 15.0. The van der Waals surface area contributed by atoms with Crippen molar-refractivity contribution in [2.24, 2.45) is 5.41 Å². The van der Waals surface area contributed by atoms with E-state index in [-0.39, 0.29) is 11.8 Å². The molecule has 1 saturated heterocycles. The van der Waals surface area contributed by atoms with Crippen LogP contribution in [-0.4, -0.2) is 45.6 Å². The second-order valence-electron chi connectivity index (χ2n) is 7.52. The Morgan fingerprint density at radius 3 is 2.38 bits per heavy atom. The van der Waals surface area contributed by atoms with Crippen molar-refractivity contribution in [1.82, 2.24) is 20.0 Å². The molecular weight excluding hydrogens is 328 g/mol. The number of piperidine rings is 1. The van der Waals surface area contributed by atoms with Crippen LogP contribution in [0.2, 0.25) is 0 Å². The molecule has 1 atom stereocenters. The van der Waals surface area contributed by atoms with E-state index in [1.807, 2.05) is 29.3 Å². The van der Waals surface area contributed by atoms with Gasteiger partial charge in [-0.05, 0) is 68.4 Å². The van der Waals surface area contributed by atoms with Gasteiger partial charge in [-0.3, -0.25) is 9.59 Å². The average Bonchev–Trinajstić information content (AvgIpc) is 3.20. The number of aromatic nitrogens is 2. The summed E-state index contributed by atoms with van der Waals surface area (Å²) < 4.78 is 1.73. The third kappa shape index (κ3) is 3.36. The maximum absolute atomic E-state index is 12.6. The highest BCUT2D eigenvalue weighted by molar-refractivity contribution is 5.97. The average molecular weight is 352 g/mol. The number of carbonyl (C=O) groups excluding carboxylic acids is 2. The van der Waals surface area contributed by atoms with Crippen LogP contribution in [0.15, 0.2) is 42.7 Å². The highest BCUT2D eigenvalue weighted by Crippen LogP contribution is 2.53. The van der Waals surface area contributed by atoms with Gasteiger partial charge in [0.15, 0.2) is 0 Å². The van der Waals surface area contributed by atoms with Gasteiger partial charge < -0.3 is 10.2 Å². The minimum atomic E-state index is -0.512. The molecule has 1 aromatic carbocycles. The van der Waals surface area contributed by atoms with Gasteiger partial charge in [0.1, 0.15) is 6.04 Å². The highest BCUT2D eigenvalue weighted by Gasteiger charge is 2.45. The van der Waals surface area contributed by atoms with Gasteiger partial charge in [0, 0.05) is 31.0 Å². The zero-order chi connectivity index (χ0) is 18.1. The highest BCUT2D eigenvalue weighted by atomic mass is 16.2. The van der Waals surface area contributed by atoms with E-state index in [0.717, 1.165) is 31.6 Å². The Labute approximate surface area is 153 Å². The lowest BCUT2D eigenvalue weighted by Gasteiger charge is -2.33. The molecule has 6 nitrogen and oxygen atoms in total. The molecule has 1 aromatic heterocycles. The number of nitrogens with zero attached hydrogens (tertiary/aromatic N) is 3. The van der Waals surface area contributed by atoms with Gasteiger partial charge >= 0.3 is 0 Å². The van der Waals surface area contributed by atoms with Crippen LogP contribution in [0.1, 0.15) is 43.0 Å². The Hall–Kier alpha value is -2.63. The number of nitrogens with one attached hydrogen (secondary N) is 1. The predicted molar refractivity (Wildman–Crippen MR) is 98.0 cm³/mol. The fraction of sp³-hybridized carbons (Fsp3) is 0.450. The molecule has 26 heavy (non-hydrogen) atoms. The molecule has 6 heteroatoms. The molecule has 2 aromatic rings. The lowest BCUT2D eigenvalue weighted by atomic mass is 9.93. The van der Waals surface area contributed by atoms with Crippen molar-refractivity contribution in [3.05, 3.63) is 48.3 Å². The lowest BCUT2D eigenvalue weighted by Crippen LogP contribution is -2.49. The lowest BCUT2D eigenvalue weighted by molar-refractivity contribution is -0.134. The molecule has 136 valence electrons. The monoisotopic (exact) mass is 352 g/mol. The van der Waals surface area contributed by atoms with Gasteiger partial charge in [0.05, 0.1) is 5.69 Å². The standard InChI is InChI=1S/C20H24N4O2/c1-15(19(26)23-13-9-20(7-8-20)10-14-23)22-18(25)16-3-5-17(6-4-16)24-12-2-11-21-24/h2-6,11-12,15H,7-10,13-14H2,1H3,(H,22,25)/t15-/m0/s1. The Kier molecular flexibility index (Phi) is 4.26. The molecule has 0 unspecified atom stereocenters. The summed E-state index contributed by atoms with van der Waals surface area (Å²) in [5.41, 5.74) is 1.97. The van der Waals surface area contributed by atoms with Crippen LogP contribution in [-0.2, 0) is 4.79 Å². The normalized spacial score (nSPS) is 19.2. The summed E-state index contributed by atoms with van der Waals surface area (Å²) in [6.45, 7) is 3.40. The van der Waals surface area contributed by atoms with Gasteiger partial charge in [-0.1, -0.05) is 0 Å². The van der Waals surface area contributed by atoms with Crippen LogP contribution in [0.5, 0.6) is 0 Å². The van der Waals surface area contributed by atoms with Crippen molar-refractivity contribution < 1.29 is 9.59 Å². The van der Waals surface area contributed by atoms with Gasteiger partial charge in [0.25, 0.3) is 5.91 Å². The fourth-order valence-electron chi connectivity index (χ4n) is 3.68. The summed E-state index contributed by atoms with van der Waals surface area (Å²) in [6, 6.07) is 8.52. The minimum Gasteiger partial charge on any atom is -0.341 e. The van der Waals surface area contributed by atoms with Crippen molar-refractivity contribution in [2.75, 3.05) is 13.1 Å². The van der Waals surface area contributed by atoms with E-state index in [1.165, 1.54) is 12.8 Å². The van der Waals surface area contributed by atoms with Crippen LogP contribution in [0.3, 0.4) is 0 Å². The van der Waals surface area contributed by atoms with Crippen LogP contribution < -0.4 is 5.32 Å². The number of hydrogen-bond acceptors (Lipinski definition) is 3. The van der Waals surface area contributed by atoms with E-state index in [2.05, 4.69) is 10.4 Å². The van der Waals surface area contributed by atoms with Crippen LogP contribution >= 0.6 is 0 Å². The molecule has 2 amide bonds. The molecule has 1 aliphatic heterocycles. The number of carbonyl (C=O) groups is 2. The Balaban J connectivity index is 1.34. The van der Waals surface area contributed by atoms with Crippen molar-refractivity contribution in [1.29, 1.82) is 0 Å². The summed E-state index contributed by atoms with van der Waals surface area (Å²) in [7, 11) is 0. The number of amides is 2. The third-order valence-corrected chi connectivity index (χ3v) is 5.71. The van der Waals surface area contributed by atoms with Crippen molar-refractivity contribution in [3.63, 3.8) is 0 Å². The number of benzene rings is 1. The fourth-order valence-corrected chi connectivity index (χ4v) is 3.68. The molecule has 0 radical (unpaired) electrons. The molecule has 2 aliphatic rings. The third-order valence-electron chi connectivity index (χ3n) is 5.71. The maximum Gasteiger partial charge on any atom is 0.251 e. The number of rotatable bonds is 4. The van der Waals surface area contributed by atoms with E-state index in [4.69, 9.17) is 0 Å². The first kappa shape index (κ1) is 16.8. The van der Waals surface area contributed by atoms with Crippen molar-refractivity contribution in [2.45, 2.75) is 38.6 Å². The van der Waals surface area contributed by atoms with E-state index >= 15 is 0 Å². The molecule has 1 aliphatic carbocycles. The molecule has 1 saturated carbocycles. The second-order valence-corrected chi connectivity index (χ2v) is 7.52. The van der Waals surface area contributed by atoms with Crippen LogP contribution in [0.25, 0.3) is 5.69 Å².